The van der Waals surface area contributed by atoms with Crippen molar-refractivity contribution in [3.05, 3.63) is 47.3 Å². The van der Waals surface area contributed by atoms with E-state index >= 15 is 0 Å². The highest BCUT2D eigenvalue weighted by Gasteiger charge is 2.15. The van der Waals surface area contributed by atoms with Crippen LogP contribution in [-0.4, -0.2) is 22.8 Å². The molecule has 5 nitrogen and oxygen atoms in total. The molecule has 1 heterocycles. The van der Waals surface area contributed by atoms with Crippen LogP contribution in [0, 0.1) is 6.92 Å². The average Bonchev–Trinajstić information content (AvgIpc) is 2.79. The first-order chi connectivity index (χ1) is 9.52. The highest BCUT2D eigenvalue weighted by molar-refractivity contribution is 5.94. The highest BCUT2D eigenvalue weighted by atomic mass is 16.5. The zero-order chi connectivity index (χ0) is 14.7. The molecule has 2 aromatic rings. The van der Waals surface area contributed by atoms with E-state index in [2.05, 4.69) is 10.4 Å². The van der Waals surface area contributed by atoms with Crippen LogP contribution in [0.4, 0.5) is 0 Å². The fourth-order valence-electron chi connectivity index (χ4n) is 2.04. The van der Waals surface area contributed by atoms with E-state index in [-0.39, 0.29) is 11.9 Å². The number of nitrogens with zero attached hydrogens (tertiary/aromatic N) is 2. The van der Waals surface area contributed by atoms with Crippen LogP contribution in [0.2, 0.25) is 0 Å². The molecule has 106 valence electrons. The summed E-state index contributed by atoms with van der Waals surface area (Å²) in [6.45, 7) is 3.93. The normalized spacial score (nSPS) is 12.0. The Morgan fingerprint density at radius 1 is 1.35 bits per heavy atom. The lowest BCUT2D eigenvalue weighted by Crippen LogP contribution is -2.26. The van der Waals surface area contributed by atoms with E-state index < -0.39 is 0 Å². The Kier molecular flexibility index (Phi) is 4.08. The van der Waals surface area contributed by atoms with Crippen molar-refractivity contribution >= 4 is 5.91 Å². The summed E-state index contributed by atoms with van der Waals surface area (Å²) in [5.41, 5.74) is 2.68. The van der Waals surface area contributed by atoms with Crippen LogP contribution in [0.3, 0.4) is 0 Å². The summed E-state index contributed by atoms with van der Waals surface area (Å²) in [5.74, 6) is 0.626. The summed E-state index contributed by atoms with van der Waals surface area (Å²) in [7, 11) is 3.49. The van der Waals surface area contributed by atoms with Gasteiger partial charge >= 0.3 is 0 Å². The molecule has 0 spiro atoms. The number of hydrogen-bond donors (Lipinski definition) is 1. The smallest absolute Gasteiger partial charge is 0.251 e. The van der Waals surface area contributed by atoms with Crippen LogP contribution in [0.5, 0.6) is 5.75 Å². The van der Waals surface area contributed by atoms with E-state index in [1.54, 1.807) is 42.3 Å². The molecule has 1 amide bonds. The Hall–Kier alpha value is -2.30. The zero-order valence-electron chi connectivity index (χ0n) is 12.2. The number of aryl methyl sites for hydroxylation is 1. The Morgan fingerprint density at radius 2 is 2.00 bits per heavy atom. The summed E-state index contributed by atoms with van der Waals surface area (Å²) in [6.07, 6.45) is 1.79. The largest absolute Gasteiger partial charge is 0.497 e. The Balaban J connectivity index is 2.08. The van der Waals surface area contributed by atoms with Gasteiger partial charge in [-0.05, 0) is 38.1 Å². The number of amides is 1. The monoisotopic (exact) mass is 273 g/mol. The maximum atomic E-state index is 12.2. The molecule has 1 aromatic heterocycles. The van der Waals surface area contributed by atoms with Crippen LogP contribution in [0.1, 0.15) is 34.6 Å². The third-order valence-corrected chi connectivity index (χ3v) is 3.44. The molecular weight excluding hydrogens is 254 g/mol. The van der Waals surface area contributed by atoms with Gasteiger partial charge in [0.25, 0.3) is 5.91 Å². The minimum absolute atomic E-state index is 0.0849. The van der Waals surface area contributed by atoms with Crippen LogP contribution in [0.25, 0.3) is 0 Å². The number of rotatable bonds is 4. The fraction of sp³-hybridized carbons (Fsp3) is 0.333. The van der Waals surface area contributed by atoms with Gasteiger partial charge in [-0.3, -0.25) is 9.48 Å². The Labute approximate surface area is 118 Å². The van der Waals surface area contributed by atoms with Gasteiger partial charge in [0.15, 0.2) is 0 Å². The lowest BCUT2D eigenvalue weighted by molar-refractivity contribution is 0.0940. The van der Waals surface area contributed by atoms with Crippen molar-refractivity contribution in [2.75, 3.05) is 7.11 Å². The molecule has 0 aliphatic carbocycles. The third kappa shape index (κ3) is 2.82. The molecule has 1 unspecified atom stereocenters. The van der Waals surface area contributed by atoms with E-state index in [4.69, 9.17) is 4.74 Å². The van der Waals surface area contributed by atoms with Crippen LogP contribution >= 0.6 is 0 Å². The number of ether oxygens (including phenoxy) is 1. The minimum Gasteiger partial charge on any atom is -0.497 e. The quantitative estimate of drug-likeness (QED) is 0.929. The van der Waals surface area contributed by atoms with E-state index in [9.17, 15) is 4.79 Å². The second-order valence-corrected chi connectivity index (χ2v) is 4.73. The molecule has 0 saturated heterocycles. The number of carbonyl (C=O) groups excluding carboxylic acids is 1. The van der Waals surface area contributed by atoms with Gasteiger partial charge in [-0.25, -0.2) is 0 Å². The van der Waals surface area contributed by atoms with E-state index in [1.807, 2.05) is 20.9 Å². The molecule has 0 saturated carbocycles. The van der Waals surface area contributed by atoms with E-state index in [1.165, 1.54) is 0 Å². The first-order valence-electron chi connectivity index (χ1n) is 6.46. The number of carbonyl (C=O) groups is 1. The Morgan fingerprint density at radius 3 is 2.50 bits per heavy atom. The lowest BCUT2D eigenvalue weighted by Gasteiger charge is -2.14. The number of benzene rings is 1. The molecule has 0 aliphatic rings. The number of aromatic nitrogens is 2. The molecule has 1 atom stereocenters. The van der Waals surface area contributed by atoms with Gasteiger partial charge in [-0.1, -0.05) is 0 Å². The van der Waals surface area contributed by atoms with Gasteiger partial charge in [0.05, 0.1) is 19.3 Å². The van der Waals surface area contributed by atoms with Gasteiger partial charge in [-0.15, -0.1) is 0 Å². The maximum Gasteiger partial charge on any atom is 0.251 e. The molecule has 0 fully saturated rings. The second kappa shape index (κ2) is 5.77. The van der Waals surface area contributed by atoms with Crippen molar-refractivity contribution < 1.29 is 9.53 Å². The summed E-state index contributed by atoms with van der Waals surface area (Å²) in [6, 6.07) is 6.95. The standard InChI is InChI=1S/C15H19N3O2/c1-10(14-9-16-18(3)11(14)2)17-15(19)12-5-7-13(20-4)8-6-12/h5-10H,1-4H3,(H,17,19). The maximum absolute atomic E-state index is 12.2. The van der Waals surface area contributed by atoms with Crippen molar-refractivity contribution in [2.45, 2.75) is 19.9 Å². The first kappa shape index (κ1) is 14.1. The predicted octanol–water partition coefficient (Wildman–Crippen LogP) is 2.23. The van der Waals surface area contributed by atoms with E-state index in [0.717, 1.165) is 17.0 Å². The summed E-state index contributed by atoms with van der Waals surface area (Å²) in [5, 5.41) is 7.16. The van der Waals surface area contributed by atoms with Gasteiger partial charge in [0, 0.05) is 23.9 Å². The van der Waals surface area contributed by atoms with Crippen molar-refractivity contribution in [3.63, 3.8) is 0 Å². The van der Waals surface area contributed by atoms with E-state index in [0.29, 0.717) is 5.56 Å². The highest BCUT2D eigenvalue weighted by Crippen LogP contribution is 2.17. The molecule has 2 rings (SSSR count). The van der Waals surface area contributed by atoms with Crippen molar-refractivity contribution in [2.24, 2.45) is 7.05 Å². The van der Waals surface area contributed by atoms with Gasteiger partial charge in [0.1, 0.15) is 5.75 Å². The molecule has 20 heavy (non-hydrogen) atoms. The predicted molar refractivity (Wildman–Crippen MR) is 76.8 cm³/mol. The molecule has 1 aromatic carbocycles. The molecule has 0 aliphatic heterocycles. The molecule has 1 N–H and O–H groups in total. The summed E-state index contributed by atoms with van der Waals surface area (Å²) < 4.78 is 6.87. The van der Waals surface area contributed by atoms with Gasteiger partial charge in [0.2, 0.25) is 0 Å². The molecular formula is C15H19N3O2. The zero-order valence-corrected chi connectivity index (χ0v) is 12.2. The second-order valence-electron chi connectivity index (χ2n) is 4.73. The third-order valence-electron chi connectivity index (χ3n) is 3.44. The molecule has 0 bridgehead atoms. The topological polar surface area (TPSA) is 56.1 Å². The van der Waals surface area contributed by atoms with Crippen LogP contribution in [-0.2, 0) is 7.05 Å². The number of nitrogens with one attached hydrogen (secondary N) is 1. The van der Waals surface area contributed by atoms with Crippen LogP contribution in [0.15, 0.2) is 30.5 Å². The number of hydrogen-bond acceptors (Lipinski definition) is 3. The summed E-state index contributed by atoms with van der Waals surface area (Å²) >= 11 is 0. The van der Waals surface area contributed by atoms with Gasteiger partial charge < -0.3 is 10.1 Å². The lowest BCUT2D eigenvalue weighted by atomic mass is 10.1. The van der Waals surface area contributed by atoms with Crippen LogP contribution < -0.4 is 10.1 Å². The molecule has 0 radical (unpaired) electrons. The van der Waals surface area contributed by atoms with Crippen molar-refractivity contribution in [1.82, 2.24) is 15.1 Å². The Bertz CT molecular complexity index is 602. The first-order valence-corrected chi connectivity index (χ1v) is 6.46. The fourth-order valence-corrected chi connectivity index (χ4v) is 2.04. The van der Waals surface area contributed by atoms with Crippen molar-refractivity contribution in [1.29, 1.82) is 0 Å². The summed E-state index contributed by atoms with van der Waals surface area (Å²) in [4.78, 5) is 12.2. The van der Waals surface area contributed by atoms with Gasteiger partial charge in [-0.2, -0.15) is 5.10 Å². The van der Waals surface area contributed by atoms with Crippen molar-refractivity contribution in [3.8, 4) is 5.75 Å². The number of methoxy groups -OCH3 is 1. The molecule has 5 heteroatoms. The average molecular weight is 273 g/mol. The minimum atomic E-state index is -0.108. The SMILES string of the molecule is COc1ccc(C(=O)NC(C)c2cnn(C)c2C)cc1.